The number of aryl methyl sites for hydroxylation is 1. The predicted molar refractivity (Wildman–Crippen MR) is 118 cm³/mol. The number of methoxy groups -OCH3 is 2. The molecule has 152 valence electrons. The maximum Gasteiger partial charge on any atom is 0.241 e. The summed E-state index contributed by atoms with van der Waals surface area (Å²) >= 11 is 0. The number of hydrogen-bond donors (Lipinski definition) is 1. The summed E-state index contributed by atoms with van der Waals surface area (Å²) in [5.41, 5.74) is 2.99. The van der Waals surface area contributed by atoms with Gasteiger partial charge in [0, 0.05) is 12.2 Å². The van der Waals surface area contributed by atoms with Crippen molar-refractivity contribution in [3.8, 4) is 11.5 Å². The Morgan fingerprint density at radius 3 is 2.34 bits per heavy atom. The van der Waals surface area contributed by atoms with Crippen LogP contribution in [-0.2, 0) is 11.3 Å². The first-order valence-electron chi connectivity index (χ1n) is 9.64. The van der Waals surface area contributed by atoms with Crippen LogP contribution in [0, 0.1) is 6.92 Å². The zero-order chi connectivity index (χ0) is 21.0. The first-order chi connectivity index (χ1) is 13.9. The van der Waals surface area contributed by atoms with Crippen LogP contribution >= 0.6 is 0 Å². The van der Waals surface area contributed by atoms with E-state index in [0.717, 1.165) is 27.6 Å². The maximum absolute atomic E-state index is 12.8. The Kier molecular flexibility index (Phi) is 6.39. The highest BCUT2D eigenvalue weighted by atomic mass is 16.5. The molecule has 3 rings (SSSR count). The molecule has 1 amide bonds. The van der Waals surface area contributed by atoms with Crippen LogP contribution in [-0.4, -0.2) is 38.1 Å². The highest BCUT2D eigenvalue weighted by molar-refractivity contribution is 5.97. The van der Waals surface area contributed by atoms with Crippen molar-refractivity contribution in [3.05, 3.63) is 65.7 Å². The van der Waals surface area contributed by atoms with E-state index in [4.69, 9.17) is 9.47 Å². The number of fused-ring (bicyclic) bond motifs is 1. The summed E-state index contributed by atoms with van der Waals surface area (Å²) < 4.78 is 10.8. The molecule has 0 bridgehead atoms. The fraction of sp³-hybridized carbons (Fsp3) is 0.292. The second kappa shape index (κ2) is 8.97. The molecule has 0 heterocycles. The van der Waals surface area contributed by atoms with Gasteiger partial charge in [0.25, 0.3) is 0 Å². The molecule has 0 aliphatic heterocycles. The van der Waals surface area contributed by atoms with E-state index in [0.29, 0.717) is 18.0 Å². The summed E-state index contributed by atoms with van der Waals surface area (Å²) in [5.74, 6) is 1.36. The monoisotopic (exact) mass is 392 g/mol. The van der Waals surface area contributed by atoms with Gasteiger partial charge in [0.15, 0.2) is 11.5 Å². The molecular weight excluding hydrogens is 364 g/mol. The summed E-state index contributed by atoms with van der Waals surface area (Å²) in [6.07, 6.45) is 0. The normalized spacial score (nSPS) is 12.1. The SMILES string of the molecule is COc1cc(C)c(CN(C)[C@H](C)C(=O)Nc2ccc3ccccc3c2)cc1OC. The number of carbonyl (C=O) groups excluding carboxylic acids is 1. The molecule has 0 saturated heterocycles. The number of amides is 1. The van der Waals surface area contributed by atoms with Gasteiger partial charge in [-0.3, -0.25) is 9.69 Å². The molecule has 1 N–H and O–H groups in total. The van der Waals surface area contributed by atoms with Crippen molar-refractivity contribution in [3.63, 3.8) is 0 Å². The van der Waals surface area contributed by atoms with Crippen molar-refractivity contribution in [2.75, 3.05) is 26.6 Å². The highest BCUT2D eigenvalue weighted by Crippen LogP contribution is 2.31. The average Bonchev–Trinajstić information content (AvgIpc) is 2.73. The van der Waals surface area contributed by atoms with Gasteiger partial charge < -0.3 is 14.8 Å². The largest absolute Gasteiger partial charge is 0.493 e. The first-order valence-corrected chi connectivity index (χ1v) is 9.64. The quantitative estimate of drug-likeness (QED) is 0.637. The Balaban J connectivity index is 1.70. The molecule has 5 nitrogen and oxygen atoms in total. The minimum Gasteiger partial charge on any atom is -0.493 e. The van der Waals surface area contributed by atoms with Crippen molar-refractivity contribution in [2.45, 2.75) is 26.4 Å². The number of nitrogens with zero attached hydrogens (tertiary/aromatic N) is 1. The summed E-state index contributed by atoms with van der Waals surface area (Å²) in [7, 11) is 5.20. The fourth-order valence-electron chi connectivity index (χ4n) is 3.31. The van der Waals surface area contributed by atoms with Gasteiger partial charge in [-0.2, -0.15) is 0 Å². The molecule has 1 atom stereocenters. The van der Waals surface area contributed by atoms with Gasteiger partial charge in [-0.25, -0.2) is 0 Å². The standard InChI is InChI=1S/C24H28N2O3/c1-16-12-22(28-4)23(29-5)14-20(16)15-26(3)17(2)24(27)25-21-11-10-18-8-6-7-9-19(18)13-21/h6-14,17H,15H2,1-5H3,(H,25,27)/t17-/m1/s1. The molecule has 0 aromatic heterocycles. The smallest absolute Gasteiger partial charge is 0.241 e. The number of ether oxygens (including phenoxy) is 2. The Bertz CT molecular complexity index is 1020. The van der Waals surface area contributed by atoms with E-state index in [2.05, 4.69) is 11.4 Å². The topological polar surface area (TPSA) is 50.8 Å². The van der Waals surface area contributed by atoms with Crippen LogP contribution in [0.4, 0.5) is 5.69 Å². The second-order valence-corrected chi connectivity index (χ2v) is 7.28. The zero-order valence-electron chi connectivity index (χ0n) is 17.7. The summed E-state index contributed by atoms with van der Waals surface area (Å²) in [4.78, 5) is 14.8. The number of rotatable bonds is 7. The van der Waals surface area contributed by atoms with E-state index >= 15 is 0 Å². The highest BCUT2D eigenvalue weighted by Gasteiger charge is 2.20. The fourth-order valence-corrected chi connectivity index (χ4v) is 3.31. The van der Waals surface area contributed by atoms with Crippen molar-refractivity contribution in [1.29, 1.82) is 0 Å². The lowest BCUT2D eigenvalue weighted by molar-refractivity contribution is -0.120. The van der Waals surface area contributed by atoms with Crippen molar-refractivity contribution in [1.82, 2.24) is 4.90 Å². The van der Waals surface area contributed by atoms with Crippen LogP contribution in [0.3, 0.4) is 0 Å². The molecular formula is C24H28N2O3. The van der Waals surface area contributed by atoms with Crippen LogP contribution in [0.25, 0.3) is 10.8 Å². The lowest BCUT2D eigenvalue weighted by Gasteiger charge is -2.25. The number of benzene rings is 3. The van der Waals surface area contributed by atoms with E-state index in [1.165, 1.54) is 0 Å². The minimum absolute atomic E-state index is 0.0408. The van der Waals surface area contributed by atoms with Gasteiger partial charge in [-0.1, -0.05) is 30.3 Å². The molecule has 5 heteroatoms. The molecule has 29 heavy (non-hydrogen) atoms. The van der Waals surface area contributed by atoms with E-state index in [9.17, 15) is 4.79 Å². The third-order valence-corrected chi connectivity index (χ3v) is 5.32. The molecule has 3 aromatic rings. The maximum atomic E-state index is 12.8. The molecule has 0 aliphatic rings. The third-order valence-electron chi connectivity index (χ3n) is 5.32. The van der Waals surface area contributed by atoms with Gasteiger partial charge in [0.2, 0.25) is 5.91 Å². The van der Waals surface area contributed by atoms with Gasteiger partial charge in [0.05, 0.1) is 20.3 Å². The Morgan fingerprint density at radius 2 is 1.66 bits per heavy atom. The van der Waals surface area contributed by atoms with E-state index in [-0.39, 0.29) is 11.9 Å². The Morgan fingerprint density at radius 1 is 1.00 bits per heavy atom. The number of carbonyl (C=O) groups is 1. The summed E-state index contributed by atoms with van der Waals surface area (Å²) in [6.45, 7) is 4.57. The predicted octanol–water partition coefficient (Wildman–Crippen LogP) is 4.62. The van der Waals surface area contributed by atoms with Crippen LogP contribution in [0.2, 0.25) is 0 Å². The average molecular weight is 392 g/mol. The Labute approximate surface area is 172 Å². The Hall–Kier alpha value is -3.05. The number of likely N-dealkylation sites (N-methyl/N-ethyl adjacent to an activating group) is 1. The van der Waals surface area contributed by atoms with Crippen LogP contribution in [0.15, 0.2) is 54.6 Å². The van der Waals surface area contributed by atoms with Crippen LogP contribution in [0.5, 0.6) is 11.5 Å². The molecule has 3 aromatic carbocycles. The van der Waals surface area contributed by atoms with Crippen molar-refractivity contribution >= 4 is 22.4 Å². The molecule has 0 saturated carbocycles. The van der Waals surface area contributed by atoms with Gasteiger partial charge in [-0.15, -0.1) is 0 Å². The minimum atomic E-state index is -0.297. The number of anilines is 1. The van der Waals surface area contributed by atoms with Crippen molar-refractivity contribution < 1.29 is 14.3 Å². The summed E-state index contributed by atoms with van der Waals surface area (Å²) in [5, 5.41) is 5.29. The zero-order valence-corrected chi connectivity index (χ0v) is 17.7. The third kappa shape index (κ3) is 4.69. The molecule has 0 fully saturated rings. The second-order valence-electron chi connectivity index (χ2n) is 7.28. The lowest BCUT2D eigenvalue weighted by Crippen LogP contribution is -2.39. The number of hydrogen-bond acceptors (Lipinski definition) is 4. The van der Waals surface area contributed by atoms with Crippen LogP contribution < -0.4 is 14.8 Å². The van der Waals surface area contributed by atoms with Gasteiger partial charge >= 0.3 is 0 Å². The first kappa shape index (κ1) is 20.7. The molecule has 0 unspecified atom stereocenters. The van der Waals surface area contributed by atoms with Gasteiger partial charge in [0.1, 0.15) is 0 Å². The van der Waals surface area contributed by atoms with Crippen LogP contribution in [0.1, 0.15) is 18.1 Å². The molecule has 0 spiro atoms. The van der Waals surface area contributed by atoms with E-state index in [1.54, 1.807) is 14.2 Å². The van der Waals surface area contributed by atoms with E-state index < -0.39 is 0 Å². The van der Waals surface area contributed by atoms with Gasteiger partial charge in [-0.05, 0) is 67.1 Å². The molecule has 0 radical (unpaired) electrons. The molecule has 0 aliphatic carbocycles. The lowest BCUT2D eigenvalue weighted by atomic mass is 10.1. The summed E-state index contributed by atoms with van der Waals surface area (Å²) in [6, 6.07) is 17.7. The van der Waals surface area contributed by atoms with Crippen molar-refractivity contribution in [2.24, 2.45) is 0 Å². The number of nitrogens with one attached hydrogen (secondary N) is 1. The van der Waals surface area contributed by atoms with E-state index in [1.807, 2.05) is 74.3 Å².